The molecule has 1 saturated heterocycles. The SMILES string of the molecule is CC(CC1COCCN1)NC(C)(C)CC(C)(C)C. The van der Waals surface area contributed by atoms with E-state index in [1.807, 2.05) is 0 Å². The van der Waals surface area contributed by atoms with Crippen molar-refractivity contribution < 1.29 is 4.74 Å². The Kier molecular flexibility index (Phi) is 5.63. The van der Waals surface area contributed by atoms with Crippen molar-refractivity contribution in [1.29, 1.82) is 0 Å². The Morgan fingerprint density at radius 3 is 2.44 bits per heavy atom. The van der Waals surface area contributed by atoms with Gasteiger partial charge in [-0.3, -0.25) is 0 Å². The summed E-state index contributed by atoms with van der Waals surface area (Å²) in [5.41, 5.74) is 0.551. The molecule has 0 spiro atoms. The molecule has 0 aliphatic carbocycles. The van der Waals surface area contributed by atoms with Gasteiger partial charge in [0.1, 0.15) is 0 Å². The van der Waals surface area contributed by atoms with E-state index in [0.717, 1.165) is 26.2 Å². The highest BCUT2D eigenvalue weighted by Gasteiger charge is 2.27. The molecule has 108 valence electrons. The molecule has 1 fully saturated rings. The van der Waals surface area contributed by atoms with Crippen LogP contribution in [-0.4, -0.2) is 37.4 Å². The van der Waals surface area contributed by atoms with Gasteiger partial charge in [-0.2, -0.15) is 0 Å². The molecule has 1 rings (SSSR count). The monoisotopic (exact) mass is 256 g/mol. The highest BCUT2D eigenvalue weighted by Crippen LogP contribution is 2.27. The van der Waals surface area contributed by atoms with E-state index >= 15 is 0 Å². The van der Waals surface area contributed by atoms with Gasteiger partial charge in [0, 0.05) is 24.2 Å². The van der Waals surface area contributed by atoms with Gasteiger partial charge in [0.25, 0.3) is 0 Å². The molecule has 1 heterocycles. The molecule has 0 radical (unpaired) electrons. The minimum atomic E-state index is 0.188. The van der Waals surface area contributed by atoms with E-state index in [1.165, 1.54) is 6.42 Å². The largest absolute Gasteiger partial charge is 0.379 e. The van der Waals surface area contributed by atoms with Crippen LogP contribution in [0.2, 0.25) is 0 Å². The highest BCUT2D eigenvalue weighted by molar-refractivity contribution is 4.87. The van der Waals surface area contributed by atoms with Crippen LogP contribution in [0.5, 0.6) is 0 Å². The molecule has 2 N–H and O–H groups in total. The molecule has 2 unspecified atom stereocenters. The Morgan fingerprint density at radius 2 is 1.94 bits per heavy atom. The van der Waals surface area contributed by atoms with Gasteiger partial charge in [-0.1, -0.05) is 20.8 Å². The highest BCUT2D eigenvalue weighted by atomic mass is 16.5. The second-order valence-corrected chi connectivity index (χ2v) is 7.63. The summed E-state index contributed by atoms with van der Waals surface area (Å²) in [6.07, 6.45) is 2.31. The van der Waals surface area contributed by atoms with Crippen LogP contribution in [0, 0.1) is 5.41 Å². The number of morpholine rings is 1. The van der Waals surface area contributed by atoms with Crippen molar-refractivity contribution in [2.24, 2.45) is 5.41 Å². The van der Waals surface area contributed by atoms with Crippen LogP contribution in [0.4, 0.5) is 0 Å². The minimum Gasteiger partial charge on any atom is -0.379 e. The first-order chi connectivity index (χ1) is 8.18. The summed E-state index contributed by atoms with van der Waals surface area (Å²) in [5, 5.41) is 7.28. The van der Waals surface area contributed by atoms with Crippen molar-refractivity contribution in [3.63, 3.8) is 0 Å². The predicted octanol–water partition coefficient (Wildman–Crippen LogP) is 2.56. The van der Waals surface area contributed by atoms with Gasteiger partial charge in [-0.05, 0) is 39.0 Å². The summed E-state index contributed by atoms with van der Waals surface area (Å²) in [6, 6.07) is 1.02. The maximum atomic E-state index is 5.50. The van der Waals surface area contributed by atoms with Crippen LogP contribution in [-0.2, 0) is 4.74 Å². The molecule has 1 aliphatic heterocycles. The van der Waals surface area contributed by atoms with Crippen molar-refractivity contribution in [2.75, 3.05) is 19.8 Å². The van der Waals surface area contributed by atoms with E-state index in [9.17, 15) is 0 Å². The van der Waals surface area contributed by atoms with E-state index < -0.39 is 0 Å². The lowest BCUT2D eigenvalue weighted by atomic mass is 9.81. The first-order valence-electron chi connectivity index (χ1n) is 7.27. The molecular weight excluding hydrogens is 224 g/mol. The first kappa shape index (κ1) is 15.9. The van der Waals surface area contributed by atoms with E-state index in [1.54, 1.807) is 0 Å². The summed E-state index contributed by atoms with van der Waals surface area (Å²) in [6.45, 7) is 16.5. The zero-order valence-electron chi connectivity index (χ0n) is 13.1. The summed E-state index contributed by atoms with van der Waals surface area (Å²) in [5.74, 6) is 0. The molecule has 0 saturated carbocycles. The van der Waals surface area contributed by atoms with E-state index in [0.29, 0.717) is 17.5 Å². The number of hydrogen-bond donors (Lipinski definition) is 2. The molecular formula is C15H32N2O. The average Bonchev–Trinajstić information content (AvgIpc) is 2.13. The number of ether oxygens (including phenoxy) is 1. The van der Waals surface area contributed by atoms with Crippen LogP contribution < -0.4 is 10.6 Å². The Balaban J connectivity index is 2.35. The predicted molar refractivity (Wildman–Crippen MR) is 78.0 cm³/mol. The maximum Gasteiger partial charge on any atom is 0.0620 e. The molecule has 0 aromatic heterocycles. The van der Waals surface area contributed by atoms with Crippen molar-refractivity contribution in [3.8, 4) is 0 Å². The summed E-state index contributed by atoms with van der Waals surface area (Å²) in [7, 11) is 0. The Labute approximate surface area is 113 Å². The average molecular weight is 256 g/mol. The number of rotatable bonds is 5. The molecule has 3 nitrogen and oxygen atoms in total. The van der Waals surface area contributed by atoms with Gasteiger partial charge in [0.2, 0.25) is 0 Å². The van der Waals surface area contributed by atoms with E-state index in [-0.39, 0.29) is 5.54 Å². The lowest BCUT2D eigenvalue weighted by molar-refractivity contribution is 0.0692. The molecule has 2 atom stereocenters. The number of hydrogen-bond acceptors (Lipinski definition) is 3. The molecule has 0 aromatic rings. The third-order valence-corrected chi connectivity index (χ3v) is 3.25. The zero-order chi connectivity index (χ0) is 13.8. The van der Waals surface area contributed by atoms with Crippen molar-refractivity contribution in [2.45, 2.75) is 72.0 Å². The maximum absolute atomic E-state index is 5.50. The van der Waals surface area contributed by atoms with Gasteiger partial charge in [0.15, 0.2) is 0 Å². The first-order valence-corrected chi connectivity index (χ1v) is 7.27. The van der Waals surface area contributed by atoms with Crippen molar-refractivity contribution in [1.82, 2.24) is 10.6 Å². The fourth-order valence-electron chi connectivity index (χ4n) is 3.30. The minimum absolute atomic E-state index is 0.188. The van der Waals surface area contributed by atoms with Crippen LogP contribution in [0.25, 0.3) is 0 Å². The molecule has 1 aliphatic rings. The zero-order valence-corrected chi connectivity index (χ0v) is 13.1. The van der Waals surface area contributed by atoms with E-state index in [2.05, 4.69) is 52.2 Å². The van der Waals surface area contributed by atoms with Gasteiger partial charge < -0.3 is 15.4 Å². The normalized spacial score (nSPS) is 24.0. The lowest BCUT2D eigenvalue weighted by Gasteiger charge is -2.37. The van der Waals surface area contributed by atoms with Crippen LogP contribution in [0.1, 0.15) is 54.4 Å². The van der Waals surface area contributed by atoms with Gasteiger partial charge in [-0.25, -0.2) is 0 Å². The fourth-order valence-corrected chi connectivity index (χ4v) is 3.30. The Bertz CT molecular complexity index is 239. The van der Waals surface area contributed by atoms with Crippen LogP contribution >= 0.6 is 0 Å². The van der Waals surface area contributed by atoms with Gasteiger partial charge in [-0.15, -0.1) is 0 Å². The second kappa shape index (κ2) is 6.36. The third-order valence-electron chi connectivity index (χ3n) is 3.25. The molecule has 0 amide bonds. The van der Waals surface area contributed by atoms with Gasteiger partial charge in [0.05, 0.1) is 13.2 Å². The molecule has 0 bridgehead atoms. The number of nitrogens with one attached hydrogen (secondary N) is 2. The summed E-state index contributed by atoms with van der Waals surface area (Å²) >= 11 is 0. The quantitative estimate of drug-likeness (QED) is 0.793. The molecule has 0 aromatic carbocycles. The third kappa shape index (κ3) is 6.72. The van der Waals surface area contributed by atoms with Crippen LogP contribution in [0.15, 0.2) is 0 Å². The van der Waals surface area contributed by atoms with Crippen LogP contribution in [0.3, 0.4) is 0 Å². The lowest BCUT2D eigenvalue weighted by Crippen LogP contribution is -2.50. The fraction of sp³-hybridized carbons (Fsp3) is 1.00. The van der Waals surface area contributed by atoms with Crippen molar-refractivity contribution >= 4 is 0 Å². The Morgan fingerprint density at radius 1 is 1.28 bits per heavy atom. The molecule has 18 heavy (non-hydrogen) atoms. The summed E-state index contributed by atoms with van der Waals surface area (Å²) in [4.78, 5) is 0. The Hall–Kier alpha value is -0.120. The smallest absolute Gasteiger partial charge is 0.0620 e. The topological polar surface area (TPSA) is 33.3 Å². The molecule has 3 heteroatoms. The summed E-state index contributed by atoms with van der Waals surface area (Å²) < 4.78 is 5.50. The second-order valence-electron chi connectivity index (χ2n) is 7.63. The van der Waals surface area contributed by atoms with E-state index in [4.69, 9.17) is 4.74 Å². The van der Waals surface area contributed by atoms with Gasteiger partial charge >= 0.3 is 0 Å². The van der Waals surface area contributed by atoms with Crippen molar-refractivity contribution in [3.05, 3.63) is 0 Å². The standard InChI is InChI=1S/C15H32N2O/c1-12(9-13-10-18-8-7-16-13)17-15(5,6)11-14(2,3)4/h12-13,16-17H,7-11H2,1-6H3.